The number of pyridine rings is 1. The van der Waals surface area contributed by atoms with Crippen molar-refractivity contribution in [1.82, 2.24) is 4.98 Å². The van der Waals surface area contributed by atoms with Crippen LogP contribution in [0.15, 0.2) is 64.5 Å². The number of nitrogens with zero attached hydrogens (tertiary/aromatic N) is 1. The van der Waals surface area contributed by atoms with Crippen molar-refractivity contribution >= 4 is 33.3 Å². The third-order valence-electron chi connectivity index (χ3n) is 5.90. The summed E-state index contributed by atoms with van der Waals surface area (Å²) in [5, 5.41) is 5.32. The minimum atomic E-state index is 0.215. The van der Waals surface area contributed by atoms with Crippen LogP contribution in [0.1, 0.15) is 52.7 Å². The van der Waals surface area contributed by atoms with Gasteiger partial charge in [-0.1, -0.05) is 83.6 Å². The smallest absolute Gasteiger partial charge is 0.0803 e. The van der Waals surface area contributed by atoms with Gasteiger partial charge in [-0.2, -0.15) is 0 Å². The summed E-state index contributed by atoms with van der Waals surface area (Å²) >= 11 is 1.96. The number of benzene rings is 3. The molecule has 1 aliphatic rings. The normalized spacial score (nSPS) is 13.6. The van der Waals surface area contributed by atoms with Gasteiger partial charge in [0.05, 0.1) is 5.69 Å². The van der Waals surface area contributed by atoms with Gasteiger partial charge < -0.3 is 0 Å². The Morgan fingerprint density at radius 1 is 0.806 bits per heavy atom. The summed E-state index contributed by atoms with van der Waals surface area (Å²) in [5.41, 5.74) is 5.81. The third-order valence-corrected chi connectivity index (χ3v) is 7.11. The standard InChI is InChI=1S/C29H31NS/c1-28(2,3)16-18-13-20-11-12-30-26-22-15-19-9-7-8-10-21(19)23(17-29(4,5)6)27(22)31-24(14-18)25(20)26/h7-15H,16-17H2,1-6H3. The average Bonchev–Trinajstić information content (AvgIpc) is 2.66. The van der Waals surface area contributed by atoms with Gasteiger partial charge in [0.15, 0.2) is 0 Å². The van der Waals surface area contributed by atoms with Crippen LogP contribution in [0, 0.1) is 10.8 Å². The molecule has 0 radical (unpaired) electrons. The second-order valence-corrected chi connectivity index (χ2v) is 12.4. The van der Waals surface area contributed by atoms with E-state index in [0.717, 1.165) is 18.5 Å². The maximum atomic E-state index is 4.91. The summed E-state index contributed by atoms with van der Waals surface area (Å²) in [4.78, 5) is 7.67. The van der Waals surface area contributed by atoms with Crippen molar-refractivity contribution in [2.75, 3.05) is 0 Å². The Kier molecular flexibility index (Phi) is 4.71. The molecule has 0 fully saturated rings. The lowest BCUT2D eigenvalue weighted by atomic mass is 9.84. The molecule has 4 aromatic rings. The van der Waals surface area contributed by atoms with Gasteiger partial charge in [0, 0.05) is 26.9 Å². The van der Waals surface area contributed by atoms with E-state index in [4.69, 9.17) is 4.98 Å². The molecule has 0 aliphatic carbocycles. The second kappa shape index (κ2) is 7.10. The van der Waals surface area contributed by atoms with E-state index in [0.29, 0.717) is 0 Å². The molecule has 5 rings (SSSR count). The zero-order chi connectivity index (χ0) is 22.0. The molecule has 2 heterocycles. The first-order chi connectivity index (χ1) is 14.6. The lowest BCUT2D eigenvalue weighted by molar-refractivity contribution is 0.410. The van der Waals surface area contributed by atoms with Crippen LogP contribution in [0.5, 0.6) is 0 Å². The first-order valence-electron chi connectivity index (χ1n) is 11.2. The molecule has 1 aromatic heterocycles. The topological polar surface area (TPSA) is 12.9 Å². The summed E-state index contributed by atoms with van der Waals surface area (Å²) in [7, 11) is 0. The fourth-order valence-electron chi connectivity index (χ4n) is 4.85. The molecule has 2 heteroatoms. The molecule has 0 saturated heterocycles. The first-order valence-corrected chi connectivity index (χ1v) is 12.1. The zero-order valence-electron chi connectivity index (χ0n) is 19.5. The SMILES string of the molecule is CC(C)(C)Cc1cc2c3c(nccc3c1)-c1cc3ccccc3c(CC(C)(C)C)c1S2. The molecule has 0 unspecified atom stereocenters. The number of aromatic nitrogens is 1. The highest BCUT2D eigenvalue weighted by Gasteiger charge is 2.27. The molecule has 1 nitrogen and oxygen atoms in total. The number of rotatable bonds is 2. The highest BCUT2D eigenvalue weighted by atomic mass is 32.2. The van der Waals surface area contributed by atoms with Crippen LogP contribution in [0.25, 0.3) is 32.8 Å². The van der Waals surface area contributed by atoms with E-state index in [2.05, 4.69) is 90.1 Å². The van der Waals surface area contributed by atoms with Crippen molar-refractivity contribution < 1.29 is 0 Å². The van der Waals surface area contributed by atoms with Crippen molar-refractivity contribution in [1.29, 1.82) is 0 Å². The predicted octanol–water partition coefficient (Wildman–Crippen LogP) is 8.70. The molecule has 0 N–H and O–H groups in total. The molecule has 31 heavy (non-hydrogen) atoms. The predicted molar refractivity (Wildman–Crippen MR) is 135 cm³/mol. The van der Waals surface area contributed by atoms with Gasteiger partial charge in [-0.15, -0.1) is 0 Å². The fourth-order valence-corrected chi connectivity index (χ4v) is 6.17. The van der Waals surface area contributed by atoms with Crippen LogP contribution < -0.4 is 0 Å². The Labute approximate surface area is 190 Å². The van der Waals surface area contributed by atoms with E-state index in [9.17, 15) is 0 Å². The van der Waals surface area contributed by atoms with Crippen LogP contribution in [0.2, 0.25) is 0 Å². The number of hydrogen-bond donors (Lipinski definition) is 0. The Morgan fingerprint density at radius 2 is 1.55 bits per heavy atom. The van der Waals surface area contributed by atoms with E-state index >= 15 is 0 Å². The number of fused-ring (bicyclic) bond motifs is 3. The van der Waals surface area contributed by atoms with Gasteiger partial charge in [-0.25, -0.2) is 0 Å². The molecule has 3 aromatic carbocycles. The lowest BCUT2D eigenvalue weighted by Gasteiger charge is -2.28. The molecule has 0 amide bonds. The van der Waals surface area contributed by atoms with Crippen LogP contribution in [-0.2, 0) is 12.8 Å². The third kappa shape index (κ3) is 3.87. The Morgan fingerprint density at radius 3 is 2.29 bits per heavy atom. The summed E-state index contributed by atoms with van der Waals surface area (Å²) < 4.78 is 0. The fraction of sp³-hybridized carbons (Fsp3) is 0.345. The van der Waals surface area contributed by atoms with Gasteiger partial charge in [-0.3, -0.25) is 4.98 Å². The summed E-state index contributed by atoms with van der Waals surface area (Å²) in [6, 6.07) is 18.2. The van der Waals surface area contributed by atoms with Crippen molar-refractivity contribution in [3.63, 3.8) is 0 Å². The minimum absolute atomic E-state index is 0.215. The van der Waals surface area contributed by atoms with E-state index in [-0.39, 0.29) is 10.8 Å². The van der Waals surface area contributed by atoms with Gasteiger partial charge in [0.1, 0.15) is 0 Å². The average molecular weight is 426 g/mol. The molecule has 158 valence electrons. The van der Waals surface area contributed by atoms with Crippen LogP contribution in [0.3, 0.4) is 0 Å². The van der Waals surface area contributed by atoms with Crippen LogP contribution in [-0.4, -0.2) is 4.98 Å². The molecule has 0 saturated carbocycles. The quantitative estimate of drug-likeness (QED) is 0.280. The minimum Gasteiger partial charge on any atom is -0.256 e. The molecular weight excluding hydrogens is 394 g/mol. The van der Waals surface area contributed by atoms with E-state index in [1.54, 1.807) is 0 Å². The highest BCUT2D eigenvalue weighted by Crippen LogP contribution is 2.51. The molecule has 1 aliphatic heterocycles. The van der Waals surface area contributed by atoms with Crippen molar-refractivity contribution in [3.05, 3.63) is 65.9 Å². The highest BCUT2D eigenvalue weighted by molar-refractivity contribution is 7.99. The Bertz CT molecular complexity index is 1320. The molecule has 0 spiro atoms. The molecular formula is C29H31NS. The summed E-state index contributed by atoms with van der Waals surface area (Å²) in [6.45, 7) is 14.0. The van der Waals surface area contributed by atoms with Gasteiger partial charge in [-0.05, 0) is 69.2 Å². The van der Waals surface area contributed by atoms with Crippen LogP contribution >= 0.6 is 11.8 Å². The second-order valence-electron chi connectivity index (χ2n) is 11.4. The van der Waals surface area contributed by atoms with Gasteiger partial charge >= 0.3 is 0 Å². The van der Waals surface area contributed by atoms with Gasteiger partial charge in [0.2, 0.25) is 0 Å². The summed E-state index contributed by atoms with van der Waals surface area (Å²) in [5.74, 6) is 0. The Balaban J connectivity index is 1.80. The maximum Gasteiger partial charge on any atom is 0.0803 e. The monoisotopic (exact) mass is 425 g/mol. The summed E-state index contributed by atoms with van der Waals surface area (Å²) in [6.07, 6.45) is 4.12. The van der Waals surface area contributed by atoms with Crippen LogP contribution in [0.4, 0.5) is 0 Å². The lowest BCUT2D eigenvalue weighted by Crippen LogP contribution is -2.12. The van der Waals surface area contributed by atoms with Crippen molar-refractivity contribution in [2.24, 2.45) is 10.8 Å². The van der Waals surface area contributed by atoms with E-state index in [1.807, 2.05) is 18.0 Å². The molecule has 0 bridgehead atoms. The zero-order valence-corrected chi connectivity index (χ0v) is 20.3. The van der Waals surface area contributed by atoms with E-state index in [1.165, 1.54) is 48.0 Å². The maximum absolute atomic E-state index is 4.91. The van der Waals surface area contributed by atoms with Crippen molar-refractivity contribution in [2.45, 2.75) is 64.2 Å². The Hall–Kier alpha value is -2.32. The van der Waals surface area contributed by atoms with E-state index < -0.39 is 0 Å². The first kappa shape index (κ1) is 20.6. The molecule has 0 atom stereocenters. The van der Waals surface area contributed by atoms with Crippen molar-refractivity contribution in [3.8, 4) is 11.3 Å². The largest absolute Gasteiger partial charge is 0.256 e. The number of hydrogen-bond acceptors (Lipinski definition) is 2. The van der Waals surface area contributed by atoms with Gasteiger partial charge in [0.25, 0.3) is 0 Å².